The fourth-order valence-electron chi connectivity index (χ4n) is 1.50. The Kier molecular flexibility index (Phi) is 6.45. The van der Waals surface area contributed by atoms with E-state index in [1.165, 1.54) is 12.1 Å². The third-order valence-electron chi connectivity index (χ3n) is 2.67. The predicted octanol–water partition coefficient (Wildman–Crippen LogP) is 2.63. The smallest absolute Gasteiger partial charge is 0.337 e. The van der Waals surface area contributed by atoms with Crippen LogP contribution in [0, 0.1) is 0 Å². The Bertz CT molecular complexity index is 568. The second-order valence-corrected chi connectivity index (χ2v) is 6.75. The normalized spacial score (nSPS) is 11.5. The maximum atomic E-state index is 12.0. The van der Waals surface area contributed by atoms with Crippen LogP contribution in [0.1, 0.15) is 30.1 Å². The zero-order valence-corrected chi connectivity index (χ0v) is 12.7. The van der Waals surface area contributed by atoms with Gasteiger partial charge in [0.1, 0.15) is 0 Å². The SMILES string of the molecule is CCCCOCCS(=O)(=O)c1ccc(C(=O)O)c(Cl)c1. The number of carboxylic acid groups (broad SMARTS) is 1. The molecule has 0 amide bonds. The van der Waals surface area contributed by atoms with E-state index in [4.69, 9.17) is 21.4 Å². The van der Waals surface area contributed by atoms with E-state index in [1.54, 1.807) is 0 Å². The maximum absolute atomic E-state index is 12.0. The number of halogens is 1. The van der Waals surface area contributed by atoms with Crippen molar-refractivity contribution in [3.63, 3.8) is 0 Å². The van der Waals surface area contributed by atoms with Crippen molar-refractivity contribution in [3.05, 3.63) is 28.8 Å². The topological polar surface area (TPSA) is 80.7 Å². The Labute approximate surface area is 123 Å². The first-order valence-electron chi connectivity index (χ1n) is 6.22. The highest BCUT2D eigenvalue weighted by atomic mass is 35.5. The molecule has 1 aromatic rings. The summed E-state index contributed by atoms with van der Waals surface area (Å²) in [7, 11) is -3.51. The molecule has 0 spiro atoms. The fraction of sp³-hybridized carbons (Fsp3) is 0.462. The van der Waals surface area contributed by atoms with E-state index in [0.717, 1.165) is 18.9 Å². The summed E-state index contributed by atoms with van der Waals surface area (Å²) >= 11 is 5.76. The summed E-state index contributed by atoms with van der Waals surface area (Å²) in [5.41, 5.74) is -0.121. The molecule has 0 aliphatic rings. The number of unbranched alkanes of at least 4 members (excludes halogenated alkanes) is 1. The summed E-state index contributed by atoms with van der Waals surface area (Å²) in [6, 6.07) is 3.60. The average molecular weight is 321 g/mol. The minimum absolute atomic E-state index is 0.00610. The molecule has 0 aliphatic heterocycles. The third kappa shape index (κ3) is 4.77. The lowest BCUT2D eigenvalue weighted by Gasteiger charge is -2.07. The van der Waals surface area contributed by atoms with Gasteiger partial charge in [0.2, 0.25) is 0 Å². The van der Waals surface area contributed by atoms with Crippen molar-refractivity contribution in [2.75, 3.05) is 19.0 Å². The number of carboxylic acids is 1. The number of sulfone groups is 1. The van der Waals surface area contributed by atoms with Crippen LogP contribution in [0.15, 0.2) is 23.1 Å². The van der Waals surface area contributed by atoms with Gasteiger partial charge in [0.25, 0.3) is 0 Å². The van der Waals surface area contributed by atoms with E-state index in [-0.39, 0.29) is 27.8 Å². The van der Waals surface area contributed by atoms with Crippen molar-refractivity contribution in [1.82, 2.24) is 0 Å². The summed E-state index contributed by atoms with van der Waals surface area (Å²) < 4.78 is 29.2. The van der Waals surface area contributed by atoms with Crippen molar-refractivity contribution in [3.8, 4) is 0 Å². The lowest BCUT2D eigenvalue weighted by molar-refractivity contribution is 0.0697. The van der Waals surface area contributed by atoms with E-state index >= 15 is 0 Å². The lowest BCUT2D eigenvalue weighted by Crippen LogP contribution is -2.13. The molecule has 0 saturated heterocycles. The zero-order valence-electron chi connectivity index (χ0n) is 11.1. The molecule has 20 heavy (non-hydrogen) atoms. The zero-order chi connectivity index (χ0) is 15.2. The van der Waals surface area contributed by atoms with Gasteiger partial charge in [0.15, 0.2) is 9.84 Å². The molecule has 0 saturated carbocycles. The molecule has 1 N–H and O–H groups in total. The Morgan fingerprint density at radius 3 is 2.60 bits per heavy atom. The molecule has 0 bridgehead atoms. The molecule has 5 nitrogen and oxygen atoms in total. The molecule has 0 atom stereocenters. The van der Waals surface area contributed by atoms with Crippen molar-refractivity contribution in [1.29, 1.82) is 0 Å². The van der Waals surface area contributed by atoms with E-state index in [2.05, 4.69) is 0 Å². The highest BCUT2D eigenvalue weighted by molar-refractivity contribution is 7.91. The van der Waals surface area contributed by atoms with Crippen LogP contribution in [-0.4, -0.2) is 38.5 Å². The van der Waals surface area contributed by atoms with Gasteiger partial charge in [-0.3, -0.25) is 0 Å². The molecule has 1 aromatic carbocycles. The molecule has 7 heteroatoms. The van der Waals surface area contributed by atoms with Gasteiger partial charge < -0.3 is 9.84 Å². The van der Waals surface area contributed by atoms with Crippen molar-refractivity contribution >= 4 is 27.4 Å². The summed E-state index contributed by atoms with van der Waals surface area (Å²) in [6.45, 7) is 2.66. The number of carbonyl (C=O) groups is 1. The van der Waals surface area contributed by atoms with E-state index in [0.29, 0.717) is 6.61 Å². The van der Waals surface area contributed by atoms with E-state index in [9.17, 15) is 13.2 Å². The minimum Gasteiger partial charge on any atom is -0.478 e. The van der Waals surface area contributed by atoms with Crippen LogP contribution in [0.2, 0.25) is 5.02 Å². The van der Waals surface area contributed by atoms with Gasteiger partial charge in [-0.2, -0.15) is 0 Å². The van der Waals surface area contributed by atoms with Gasteiger partial charge >= 0.3 is 5.97 Å². The Morgan fingerprint density at radius 2 is 2.05 bits per heavy atom. The molecule has 0 heterocycles. The Hall–Kier alpha value is -1.11. The van der Waals surface area contributed by atoms with Crippen molar-refractivity contribution in [2.45, 2.75) is 24.7 Å². The monoisotopic (exact) mass is 320 g/mol. The van der Waals surface area contributed by atoms with Gasteiger partial charge in [-0.05, 0) is 24.6 Å². The lowest BCUT2D eigenvalue weighted by atomic mass is 10.2. The van der Waals surface area contributed by atoms with Crippen LogP contribution in [0.25, 0.3) is 0 Å². The van der Waals surface area contributed by atoms with Crippen LogP contribution in [0.3, 0.4) is 0 Å². The second kappa shape index (κ2) is 7.61. The van der Waals surface area contributed by atoms with Gasteiger partial charge in [-0.25, -0.2) is 13.2 Å². The second-order valence-electron chi connectivity index (χ2n) is 4.23. The number of aromatic carboxylic acids is 1. The quantitative estimate of drug-likeness (QED) is 0.745. The van der Waals surface area contributed by atoms with Crippen molar-refractivity contribution < 1.29 is 23.1 Å². The number of hydrogen-bond acceptors (Lipinski definition) is 4. The highest BCUT2D eigenvalue weighted by Gasteiger charge is 2.17. The number of rotatable bonds is 8. The number of hydrogen-bond donors (Lipinski definition) is 1. The molecule has 0 aromatic heterocycles. The first kappa shape index (κ1) is 16.9. The standard InChI is InChI=1S/C13H17ClO5S/c1-2-3-6-19-7-8-20(17,18)10-4-5-11(13(15)16)12(14)9-10/h4-5,9H,2-3,6-8H2,1H3,(H,15,16). The molecular formula is C13H17ClO5S. The molecule has 112 valence electrons. The molecule has 0 radical (unpaired) electrons. The van der Waals surface area contributed by atoms with Crippen LogP contribution in [0.4, 0.5) is 0 Å². The molecule has 1 rings (SSSR count). The average Bonchev–Trinajstić information content (AvgIpc) is 2.37. The molecule has 0 aliphatic carbocycles. The van der Waals surface area contributed by atoms with Crippen LogP contribution < -0.4 is 0 Å². The van der Waals surface area contributed by atoms with Gasteiger partial charge in [-0.1, -0.05) is 24.9 Å². The van der Waals surface area contributed by atoms with Crippen molar-refractivity contribution in [2.24, 2.45) is 0 Å². The summed E-state index contributed by atoms with van der Waals surface area (Å²) in [5, 5.41) is 8.74. The Morgan fingerprint density at radius 1 is 1.35 bits per heavy atom. The molecule has 0 unspecified atom stereocenters. The van der Waals surface area contributed by atoms with Gasteiger partial charge in [0.05, 0.1) is 27.8 Å². The fourth-order valence-corrected chi connectivity index (χ4v) is 2.97. The highest BCUT2D eigenvalue weighted by Crippen LogP contribution is 2.21. The van der Waals surface area contributed by atoms with Gasteiger partial charge in [-0.15, -0.1) is 0 Å². The number of benzene rings is 1. The molecular weight excluding hydrogens is 304 g/mol. The molecule has 0 fully saturated rings. The minimum atomic E-state index is -3.51. The maximum Gasteiger partial charge on any atom is 0.337 e. The Balaban J connectivity index is 2.73. The van der Waals surface area contributed by atoms with Crippen LogP contribution in [0.5, 0.6) is 0 Å². The third-order valence-corrected chi connectivity index (χ3v) is 4.66. The summed E-state index contributed by atoms with van der Waals surface area (Å²) in [6.07, 6.45) is 1.87. The van der Waals surface area contributed by atoms with E-state index in [1.807, 2.05) is 6.92 Å². The first-order valence-corrected chi connectivity index (χ1v) is 8.25. The number of ether oxygens (including phenoxy) is 1. The summed E-state index contributed by atoms with van der Waals surface area (Å²) in [5.74, 6) is -1.35. The largest absolute Gasteiger partial charge is 0.478 e. The predicted molar refractivity (Wildman–Crippen MR) is 76.2 cm³/mol. The summed E-state index contributed by atoms with van der Waals surface area (Å²) in [4.78, 5) is 10.8. The first-order chi connectivity index (χ1) is 9.38. The van der Waals surface area contributed by atoms with Crippen LogP contribution in [-0.2, 0) is 14.6 Å². The van der Waals surface area contributed by atoms with E-state index < -0.39 is 15.8 Å². The van der Waals surface area contributed by atoms with Crippen LogP contribution >= 0.6 is 11.6 Å². The van der Waals surface area contributed by atoms with Gasteiger partial charge in [0, 0.05) is 6.61 Å².